The van der Waals surface area contributed by atoms with Crippen molar-refractivity contribution in [2.24, 2.45) is 5.92 Å². The number of carbonyl (C=O) groups excluding carboxylic acids is 3. The van der Waals surface area contributed by atoms with Crippen LogP contribution < -0.4 is 10.6 Å². The number of phenols is 1. The average Bonchev–Trinajstić information content (AvgIpc) is 3.46. The molecule has 6 rings (SSSR count). The second-order valence-electron chi connectivity index (χ2n) is 9.86. The lowest BCUT2D eigenvalue weighted by Crippen LogP contribution is -2.77. The molecule has 3 aliphatic carbocycles. The first-order chi connectivity index (χ1) is 14.3. The Morgan fingerprint density at radius 3 is 2.63 bits per heavy atom. The van der Waals surface area contributed by atoms with Crippen molar-refractivity contribution < 1.29 is 24.6 Å². The number of hydrogen-bond acceptors (Lipinski definition) is 6. The van der Waals surface area contributed by atoms with Gasteiger partial charge >= 0.3 is 6.03 Å². The molecule has 2 aliphatic heterocycles. The van der Waals surface area contributed by atoms with Crippen LogP contribution in [0, 0.1) is 5.92 Å². The molecule has 2 saturated heterocycles. The number of imide groups is 1. The zero-order valence-corrected chi connectivity index (χ0v) is 16.6. The Bertz CT molecular complexity index is 1010. The highest BCUT2D eigenvalue weighted by atomic mass is 16.3. The molecule has 8 heteroatoms. The third kappa shape index (κ3) is 2.15. The van der Waals surface area contributed by atoms with E-state index in [1.165, 1.54) is 6.07 Å². The van der Waals surface area contributed by atoms with E-state index in [0.29, 0.717) is 30.0 Å². The van der Waals surface area contributed by atoms with E-state index in [1.54, 1.807) is 12.1 Å². The minimum Gasteiger partial charge on any atom is -0.508 e. The van der Waals surface area contributed by atoms with Crippen LogP contribution in [0.3, 0.4) is 0 Å². The lowest BCUT2D eigenvalue weighted by molar-refractivity contribution is -0.167. The van der Waals surface area contributed by atoms with Crippen LogP contribution in [0.4, 0.5) is 4.79 Å². The van der Waals surface area contributed by atoms with Crippen LogP contribution in [0.5, 0.6) is 5.75 Å². The average molecular weight is 411 g/mol. The van der Waals surface area contributed by atoms with Crippen molar-refractivity contribution in [1.29, 1.82) is 0 Å². The second kappa shape index (κ2) is 5.62. The number of rotatable bonds is 2. The van der Waals surface area contributed by atoms with Crippen molar-refractivity contribution in [1.82, 2.24) is 15.5 Å². The van der Waals surface area contributed by atoms with Gasteiger partial charge in [0.1, 0.15) is 17.3 Å². The molecule has 4 atom stereocenters. The molecule has 2 bridgehead atoms. The number of nitrogens with zero attached hydrogens (tertiary/aromatic N) is 1. The molecular weight excluding hydrogens is 386 g/mol. The summed E-state index contributed by atoms with van der Waals surface area (Å²) >= 11 is 0. The second-order valence-corrected chi connectivity index (χ2v) is 9.86. The van der Waals surface area contributed by atoms with Crippen molar-refractivity contribution >= 4 is 17.7 Å². The van der Waals surface area contributed by atoms with E-state index in [4.69, 9.17) is 0 Å². The van der Waals surface area contributed by atoms with Gasteiger partial charge < -0.3 is 15.5 Å². The number of phenolic OH excluding ortho intramolecular Hbond substituents is 1. The predicted molar refractivity (Wildman–Crippen MR) is 105 cm³/mol. The third-order valence-corrected chi connectivity index (χ3v) is 8.25. The number of benzene rings is 1. The summed E-state index contributed by atoms with van der Waals surface area (Å²) in [5.74, 6) is 0.112. The van der Waals surface area contributed by atoms with Crippen molar-refractivity contribution in [3.8, 4) is 5.75 Å². The van der Waals surface area contributed by atoms with Crippen LogP contribution in [-0.2, 0) is 10.2 Å². The Hall–Kier alpha value is -2.45. The van der Waals surface area contributed by atoms with Crippen molar-refractivity contribution in [3.05, 3.63) is 29.3 Å². The molecule has 8 nitrogen and oxygen atoms in total. The number of ketones is 1. The van der Waals surface area contributed by atoms with Crippen LogP contribution in [0.1, 0.15) is 54.4 Å². The number of carbonyl (C=O) groups is 3. The molecule has 1 spiro atoms. The van der Waals surface area contributed by atoms with E-state index >= 15 is 0 Å². The molecule has 4 N–H and O–H groups in total. The van der Waals surface area contributed by atoms with Gasteiger partial charge in [-0.15, -0.1) is 0 Å². The Labute approximate surface area is 173 Å². The van der Waals surface area contributed by atoms with Crippen LogP contribution in [0.2, 0.25) is 0 Å². The summed E-state index contributed by atoms with van der Waals surface area (Å²) in [4.78, 5) is 40.5. The standard InChI is InChI=1S/C22H25N3O5/c26-13-3-4-14-15(9-13)20-7-8-25(10-12-1-2-12)17(16(14)27)22(20,30)6-5-21(11-20)18(28)23-19(29)24-21/h3-4,9,12,17,26,30H,1-2,5-8,10-11H2,(H2,23,24,28,29)/t17-,20?,21+,22-/m1/s1. The zero-order chi connectivity index (χ0) is 20.9. The third-order valence-electron chi connectivity index (χ3n) is 8.25. The minimum atomic E-state index is -1.35. The number of urea groups is 1. The van der Waals surface area contributed by atoms with Crippen LogP contribution in [0.15, 0.2) is 18.2 Å². The van der Waals surface area contributed by atoms with Gasteiger partial charge in [-0.05, 0) is 74.8 Å². The maximum Gasteiger partial charge on any atom is 0.322 e. The number of aliphatic hydroxyl groups is 1. The Morgan fingerprint density at radius 1 is 1.13 bits per heavy atom. The SMILES string of the molecule is O=C1NC(=O)[C@@]2(CC[C@@]3(O)[C@H]4C(=O)c5ccc(O)cc5C3(CCN4CC3CC3)C2)N1. The molecule has 158 valence electrons. The van der Waals surface area contributed by atoms with E-state index in [0.717, 1.165) is 19.4 Å². The van der Waals surface area contributed by atoms with Gasteiger partial charge in [0.15, 0.2) is 5.78 Å². The largest absolute Gasteiger partial charge is 0.508 e. The number of nitrogens with one attached hydrogen (secondary N) is 2. The minimum absolute atomic E-state index is 0.0247. The normalized spacial score (nSPS) is 40.0. The molecule has 30 heavy (non-hydrogen) atoms. The van der Waals surface area contributed by atoms with Crippen molar-refractivity contribution in [3.63, 3.8) is 0 Å². The number of aromatic hydroxyl groups is 1. The van der Waals surface area contributed by atoms with Crippen LogP contribution >= 0.6 is 0 Å². The quantitative estimate of drug-likeness (QED) is 0.535. The number of amides is 3. The fourth-order valence-electron chi connectivity index (χ4n) is 6.66. The number of hydrogen-bond donors (Lipinski definition) is 4. The number of Topliss-reactive ketones (excluding diaryl/α,β-unsaturated/α-hetero) is 1. The maximum atomic E-state index is 13.6. The summed E-state index contributed by atoms with van der Waals surface area (Å²) in [6, 6.07) is 3.52. The highest BCUT2D eigenvalue weighted by molar-refractivity contribution is 6.08. The molecule has 4 fully saturated rings. The summed E-state index contributed by atoms with van der Waals surface area (Å²) in [5.41, 5.74) is -2.24. The van der Waals surface area contributed by atoms with E-state index in [-0.39, 0.29) is 36.7 Å². The maximum absolute atomic E-state index is 13.6. The van der Waals surface area contributed by atoms with Gasteiger partial charge in [-0.3, -0.25) is 19.8 Å². The molecular formula is C22H25N3O5. The summed E-state index contributed by atoms with van der Waals surface area (Å²) in [6.45, 7) is 1.43. The Morgan fingerprint density at radius 2 is 1.93 bits per heavy atom. The number of likely N-dealkylation sites (tertiary alicyclic amines) is 1. The zero-order valence-electron chi connectivity index (χ0n) is 16.6. The predicted octanol–water partition coefficient (Wildman–Crippen LogP) is 0.804. The summed E-state index contributed by atoms with van der Waals surface area (Å²) in [6.07, 6.45) is 3.58. The fourth-order valence-corrected chi connectivity index (χ4v) is 6.66. The molecule has 5 aliphatic rings. The van der Waals surface area contributed by atoms with E-state index in [9.17, 15) is 24.6 Å². The molecule has 2 heterocycles. The highest BCUT2D eigenvalue weighted by Crippen LogP contribution is 2.61. The van der Waals surface area contributed by atoms with Crippen LogP contribution in [0.25, 0.3) is 0 Å². The number of fused-ring (bicyclic) bond motifs is 1. The summed E-state index contributed by atoms with van der Waals surface area (Å²) in [7, 11) is 0. The molecule has 1 aromatic carbocycles. The Balaban J connectivity index is 1.54. The first-order valence-electron chi connectivity index (χ1n) is 10.8. The monoisotopic (exact) mass is 411 g/mol. The molecule has 0 radical (unpaired) electrons. The lowest BCUT2D eigenvalue weighted by atomic mass is 9.46. The first kappa shape index (κ1) is 18.3. The lowest BCUT2D eigenvalue weighted by Gasteiger charge is -2.64. The van der Waals surface area contributed by atoms with Crippen molar-refractivity contribution in [2.75, 3.05) is 13.1 Å². The summed E-state index contributed by atoms with van der Waals surface area (Å²) in [5, 5.41) is 27.6. The van der Waals surface area contributed by atoms with E-state index < -0.39 is 28.6 Å². The van der Waals surface area contributed by atoms with Gasteiger partial charge in [0, 0.05) is 17.5 Å². The fraction of sp³-hybridized carbons (Fsp3) is 0.591. The molecule has 2 saturated carbocycles. The van der Waals surface area contributed by atoms with Gasteiger partial charge in [0.2, 0.25) is 0 Å². The van der Waals surface area contributed by atoms with Crippen LogP contribution in [-0.4, -0.2) is 63.1 Å². The molecule has 0 aromatic heterocycles. The summed E-state index contributed by atoms with van der Waals surface area (Å²) < 4.78 is 0. The van der Waals surface area contributed by atoms with Gasteiger partial charge in [0.25, 0.3) is 5.91 Å². The van der Waals surface area contributed by atoms with E-state index in [1.807, 2.05) is 0 Å². The number of piperidine rings is 1. The molecule has 1 aromatic rings. The Kier molecular flexibility index (Phi) is 3.43. The van der Waals surface area contributed by atoms with Gasteiger partial charge in [-0.2, -0.15) is 0 Å². The first-order valence-corrected chi connectivity index (χ1v) is 10.8. The molecule has 1 unspecified atom stereocenters. The van der Waals surface area contributed by atoms with Crippen molar-refractivity contribution in [2.45, 2.75) is 61.1 Å². The molecule has 3 amide bonds. The topological polar surface area (TPSA) is 119 Å². The van der Waals surface area contributed by atoms with Gasteiger partial charge in [0.05, 0.1) is 5.60 Å². The van der Waals surface area contributed by atoms with E-state index in [2.05, 4.69) is 15.5 Å². The smallest absolute Gasteiger partial charge is 0.322 e. The van der Waals surface area contributed by atoms with Gasteiger partial charge in [-0.1, -0.05) is 0 Å². The van der Waals surface area contributed by atoms with Gasteiger partial charge in [-0.25, -0.2) is 4.79 Å². The highest BCUT2D eigenvalue weighted by Gasteiger charge is 2.71.